The first-order valence-electron chi connectivity index (χ1n) is 8.78. The average Bonchev–Trinajstić information content (AvgIpc) is 3.22. The van der Waals surface area contributed by atoms with Crippen LogP contribution in [0.3, 0.4) is 0 Å². The van der Waals surface area contributed by atoms with Crippen molar-refractivity contribution in [2.75, 3.05) is 0 Å². The van der Waals surface area contributed by atoms with E-state index in [0.717, 1.165) is 11.8 Å². The fourth-order valence-corrected chi connectivity index (χ4v) is 3.00. The maximum Gasteiger partial charge on any atom is 0.434 e. The smallest absolute Gasteiger partial charge is 0.434 e. The molecule has 0 aliphatic carbocycles. The quantitative estimate of drug-likeness (QED) is 0.489. The highest BCUT2D eigenvalue weighted by molar-refractivity contribution is 5.78. The van der Waals surface area contributed by atoms with E-state index in [9.17, 15) is 13.2 Å². The molecule has 0 fully saturated rings. The van der Waals surface area contributed by atoms with Crippen molar-refractivity contribution in [1.29, 1.82) is 0 Å². The maximum atomic E-state index is 12.9. The van der Waals surface area contributed by atoms with Crippen LogP contribution in [0.2, 0.25) is 0 Å². The van der Waals surface area contributed by atoms with Gasteiger partial charge in [-0.05, 0) is 19.4 Å². The summed E-state index contributed by atoms with van der Waals surface area (Å²) in [6.45, 7) is 3.81. The molecule has 0 N–H and O–H groups in total. The fraction of sp³-hybridized carbons (Fsp3) is 0.250. The number of rotatable bonds is 4. The number of hydrogen-bond acceptors (Lipinski definition) is 5. The summed E-state index contributed by atoms with van der Waals surface area (Å²) in [4.78, 5) is 12.3. The summed E-state index contributed by atoms with van der Waals surface area (Å²) in [6.07, 6.45) is -3.50. The molecule has 3 heterocycles. The number of ether oxygens (including phenoxy) is 1. The van der Waals surface area contributed by atoms with Crippen LogP contribution >= 0.6 is 0 Å². The molecule has 150 valence electrons. The molecule has 0 aliphatic rings. The Bertz CT molecular complexity index is 1180. The summed E-state index contributed by atoms with van der Waals surface area (Å²) >= 11 is 0. The average molecular weight is 402 g/mol. The van der Waals surface area contributed by atoms with Gasteiger partial charge in [-0.15, -0.1) is 0 Å². The van der Waals surface area contributed by atoms with E-state index in [4.69, 9.17) is 9.15 Å². The lowest BCUT2D eigenvalue weighted by atomic mass is 10.1. The first-order chi connectivity index (χ1) is 13.7. The zero-order valence-electron chi connectivity index (χ0n) is 15.9. The molecule has 0 unspecified atom stereocenters. The number of halogens is 3. The number of benzene rings is 1. The van der Waals surface area contributed by atoms with Crippen molar-refractivity contribution in [3.63, 3.8) is 0 Å². The van der Waals surface area contributed by atoms with Crippen LogP contribution in [0, 0.1) is 13.8 Å². The number of aryl methyl sites for hydroxylation is 3. The van der Waals surface area contributed by atoms with Gasteiger partial charge in [0.2, 0.25) is 5.58 Å². The Morgan fingerprint density at radius 3 is 2.45 bits per heavy atom. The van der Waals surface area contributed by atoms with Crippen LogP contribution in [-0.2, 0) is 19.8 Å². The largest absolute Gasteiger partial charge is 0.470 e. The topological polar surface area (TPSA) is 66.0 Å². The van der Waals surface area contributed by atoms with Gasteiger partial charge >= 0.3 is 6.18 Å². The van der Waals surface area contributed by atoms with Crippen molar-refractivity contribution in [3.05, 3.63) is 59.4 Å². The molecule has 4 rings (SSSR count). The lowest BCUT2D eigenvalue weighted by Gasteiger charge is -2.07. The van der Waals surface area contributed by atoms with Crippen LogP contribution in [0.15, 0.2) is 40.9 Å². The summed E-state index contributed by atoms with van der Waals surface area (Å²) in [5.41, 5.74) is 1.65. The normalized spacial score (nSPS) is 11.9. The van der Waals surface area contributed by atoms with E-state index in [1.165, 1.54) is 11.6 Å². The zero-order chi connectivity index (χ0) is 20.8. The lowest BCUT2D eigenvalue weighted by molar-refractivity contribution is -0.140. The van der Waals surface area contributed by atoms with Crippen LogP contribution in [0.5, 0.6) is 5.88 Å². The standard InChI is InChI=1S/C20H17F3N4O2/c1-11-8-15-17(29-11)19(25-12(2)24-15)28-10-13-4-6-14(7-5-13)18-26-16(9-27(18)3)20(21,22)23/h4-9H,10H2,1-3H3. The predicted molar refractivity (Wildman–Crippen MR) is 99.3 cm³/mol. The number of nitrogens with zero attached hydrogens (tertiary/aromatic N) is 4. The van der Waals surface area contributed by atoms with E-state index < -0.39 is 11.9 Å². The van der Waals surface area contributed by atoms with E-state index in [2.05, 4.69) is 15.0 Å². The van der Waals surface area contributed by atoms with E-state index >= 15 is 0 Å². The third kappa shape index (κ3) is 3.80. The molecule has 6 nitrogen and oxygen atoms in total. The van der Waals surface area contributed by atoms with Crippen molar-refractivity contribution in [3.8, 4) is 17.3 Å². The summed E-state index contributed by atoms with van der Waals surface area (Å²) < 4.78 is 51.3. The molecule has 3 aromatic heterocycles. The van der Waals surface area contributed by atoms with Crippen molar-refractivity contribution < 1.29 is 22.3 Å². The highest BCUT2D eigenvalue weighted by Gasteiger charge is 2.34. The molecule has 0 radical (unpaired) electrons. The van der Waals surface area contributed by atoms with Crippen LogP contribution in [0.1, 0.15) is 22.8 Å². The van der Waals surface area contributed by atoms with E-state index in [1.807, 2.05) is 13.0 Å². The van der Waals surface area contributed by atoms with Crippen LogP contribution < -0.4 is 4.74 Å². The van der Waals surface area contributed by atoms with Crippen LogP contribution in [-0.4, -0.2) is 19.5 Å². The van der Waals surface area contributed by atoms with Gasteiger partial charge in [0.25, 0.3) is 5.88 Å². The summed E-state index contributed by atoms with van der Waals surface area (Å²) in [5.74, 6) is 1.87. The van der Waals surface area contributed by atoms with Gasteiger partial charge in [0, 0.05) is 24.9 Å². The molecule has 1 aromatic carbocycles. The van der Waals surface area contributed by atoms with Gasteiger partial charge in [0.1, 0.15) is 29.5 Å². The molecule has 0 atom stereocenters. The third-order valence-electron chi connectivity index (χ3n) is 4.33. The van der Waals surface area contributed by atoms with E-state index in [0.29, 0.717) is 34.1 Å². The predicted octanol–water partition coefficient (Wildman–Crippen LogP) is 4.84. The SMILES string of the molecule is Cc1nc(OCc2ccc(-c3nc(C(F)(F)F)cn3C)cc2)c2oc(C)cc2n1. The molecular weight excluding hydrogens is 385 g/mol. The van der Waals surface area contributed by atoms with Crippen molar-refractivity contribution in [1.82, 2.24) is 19.5 Å². The fourth-order valence-electron chi connectivity index (χ4n) is 3.00. The maximum absolute atomic E-state index is 12.9. The summed E-state index contributed by atoms with van der Waals surface area (Å²) in [7, 11) is 1.53. The molecule has 0 saturated heterocycles. The zero-order valence-corrected chi connectivity index (χ0v) is 15.9. The second-order valence-corrected chi connectivity index (χ2v) is 6.69. The Hall–Kier alpha value is -3.36. The number of furan rings is 1. The molecule has 4 aromatic rings. The summed E-state index contributed by atoms with van der Waals surface area (Å²) in [6, 6.07) is 8.78. The summed E-state index contributed by atoms with van der Waals surface area (Å²) in [5, 5.41) is 0. The lowest BCUT2D eigenvalue weighted by Crippen LogP contribution is -2.04. The molecule has 29 heavy (non-hydrogen) atoms. The van der Waals surface area contributed by atoms with Gasteiger partial charge in [-0.2, -0.15) is 18.2 Å². The Morgan fingerprint density at radius 1 is 1.07 bits per heavy atom. The number of hydrogen-bond donors (Lipinski definition) is 0. The first-order valence-corrected chi connectivity index (χ1v) is 8.78. The molecule has 0 bridgehead atoms. The van der Waals surface area contributed by atoms with Gasteiger partial charge in [-0.1, -0.05) is 24.3 Å². The minimum absolute atomic E-state index is 0.222. The number of aromatic nitrogens is 4. The second kappa shape index (κ2) is 6.91. The minimum atomic E-state index is -4.48. The minimum Gasteiger partial charge on any atom is -0.470 e. The monoisotopic (exact) mass is 402 g/mol. The number of fused-ring (bicyclic) bond motifs is 1. The van der Waals surface area contributed by atoms with Gasteiger partial charge in [-0.25, -0.2) is 9.97 Å². The number of alkyl halides is 3. The van der Waals surface area contributed by atoms with Gasteiger partial charge < -0.3 is 13.7 Å². The van der Waals surface area contributed by atoms with E-state index in [1.54, 1.807) is 31.2 Å². The van der Waals surface area contributed by atoms with Crippen molar-refractivity contribution in [2.24, 2.45) is 7.05 Å². The molecule has 9 heteroatoms. The Kier molecular flexibility index (Phi) is 4.52. The molecule has 0 saturated carbocycles. The Labute approximate surface area is 164 Å². The van der Waals surface area contributed by atoms with Gasteiger partial charge in [-0.3, -0.25) is 0 Å². The molecule has 0 aliphatic heterocycles. The van der Waals surface area contributed by atoms with Crippen LogP contribution in [0.25, 0.3) is 22.5 Å². The molecule has 0 amide bonds. The Morgan fingerprint density at radius 2 is 1.79 bits per heavy atom. The Balaban J connectivity index is 1.53. The molecular formula is C20H17F3N4O2. The first kappa shape index (κ1) is 19.0. The van der Waals surface area contributed by atoms with Crippen molar-refractivity contribution >= 4 is 11.1 Å². The molecule has 0 spiro atoms. The van der Waals surface area contributed by atoms with Crippen molar-refractivity contribution in [2.45, 2.75) is 26.6 Å². The second-order valence-electron chi connectivity index (χ2n) is 6.69. The van der Waals surface area contributed by atoms with E-state index in [-0.39, 0.29) is 12.4 Å². The highest BCUT2D eigenvalue weighted by Crippen LogP contribution is 2.31. The van der Waals surface area contributed by atoms with Gasteiger partial charge in [0.15, 0.2) is 5.69 Å². The van der Waals surface area contributed by atoms with Gasteiger partial charge in [0.05, 0.1) is 0 Å². The third-order valence-corrected chi connectivity index (χ3v) is 4.33. The number of imidazole rings is 1. The van der Waals surface area contributed by atoms with Crippen LogP contribution in [0.4, 0.5) is 13.2 Å². The highest BCUT2D eigenvalue weighted by atomic mass is 19.4.